The first-order chi connectivity index (χ1) is 13.6. The number of fused-ring (bicyclic) bond motifs is 1. The number of aryl methyl sites for hydroxylation is 2. The van der Waals surface area contributed by atoms with E-state index in [4.69, 9.17) is 12.2 Å². The lowest BCUT2D eigenvalue weighted by molar-refractivity contribution is -0.121. The maximum absolute atomic E-state index is 12.0. The molecule has 7 heteroatoms. The smallest absolute Gasteiger partial charge is 0.238 e. The Morgan fingerprint density at radius 2 is 1.86 bits per heavy atom. The molecule has 1 heterocycles. The number of aromatic nitrogens is 1. The van der Waals surface area contributed by atoms with Gasteiger partial charge in [-0.3, -0.25) is 15.6 Å². The monoisotopic (exact) mass is 412 g/mol. The third kappa shape index (κ3) is 6.00. The van der Waals surface area contributed by atoms with Crippen molar-refractivity contribution in [2.75, 3.05) is 5.32 Å². The van der Waals surface area contributed by atoms with Crippen molar-refractivity contribution in [2.45, 2.75) is 39.0 Å². The number of hydrogen-bond donors (Lipinski definition) is 3. The van der Waals surface area contributed by atoms with Gasteiger partial charge in [-0.2, -0.15) is 0 Å². The fourth-order valence-corrected chi connectivity index (χ4v) is 3.87. The van der Waals surface area contributed by atoms with E-state index in [-0.39, 0.29) is 5.91 Å². The number of benzene rings is 2. The zero-order valence-corrected chi connectivity index (χ0v) is 17.5. The minimum Gasteiger partial charge on any atom is -0.331 e. The summed E-state index contributed by atoms with van der Waals surface area (Å²) in [5, 5.41) is 4.38. The van der Waals surface area contributed by atoms with Crippen LogP contribution in [-0.4, -0.2) is 16.0 Å². The van der Waals surface area contributed by atoms with Gasteiger partial charge < -0.3 is 5.32 Å². The van der Waals surface area contributed by atoms with Gasteiger partial charge in [-0.1, -0.05) is 37.6 Å². The molecule has 1 amide bonds. The first-order valence-electron chi connectivity index (χ1n) is 9.43. The zero-order valence-electron chi connectivity index (χ0n) is 15.8. The van der Waals surface area contributed by atoms with Crippen molar-refractivity contribution in [1.29, 1.82) is 0 Å². The highest BCUT2D eigenvalue weighted by atomic mass is 32.1. The highest BCUT2D eigenvalue weighted by Gasteiger charge is 2.07. The minimum absolute atomic E-state index is 0.127. The number of thiocarbonyl (C=S) groups is 1. The summed E-state index contributed by atoms with van der Waals surface area (Å²) >= 11 is 6.85. The summed E-state index contributed by atoms with van der Waals surface area (Å²) in [6.45, 7) is 2.19. The van der Waals surface area contributed by atoms with Gasteiger partial charge in [0.25, 0.3) is 0 Å². The van der Waals surface area contributed by atoms with Crippen LogP contribution < -0.4 is 16.2 Å². The summed E-state index contributed by atoms with van der Waals surface area (Å²) in [5.74, 6) is -0.127. The molecule has 2 aromatic carbocycles. The van der Waals surface area contributed by atoms with Crippen molar-refractivity contribution in [3.63, 3.8) is 0 Å². The van der Waals surface area contributed by atoms with Gasteiger partial charge in [-0.05, 0) is 54.9 Å². The molecule has 1 aromatic heterocycles. The molecule has 0 bridgehead atoms. The van der Waals surface area contributed by atoms with Crippen LogP contribution in [0, 0.1) is 0 Å². The lowest BCUT2D eigenvalue weighted by atomic mass is 10.1. The number of rotatable bonds is 7. The molecule has 0 fully saturated rings. The SMILES string of the molecule is CCCCc1ccc(NC(=S)NNC(=O)CCc2nc3ccccc3s2)cc1. The van der Waals surface area contributed by atoms with Gasteiger partial charge in [0, 0.05) is 18.5 Å². The maximum atomic E-state index is 12.0. The average Bonchev–Trinajstić information content (AvgIpc) is 3.13. The molecule has 0 aliphatic rings. The van der Waals surface area contributed by atoms with Crippen molar-refractivity contribution in [1.82, 2.24) is 15.8 Å². The first-order valence-corrected chi connectivity index (χ1v) is 10.7. The van der Waals surface area contributed by atoms with E-state index in [2.05, 4.69) is 40.2 Å². The van der Waals surface area contributed by atoms with Gasteiger partial charge in [0.05, 0.1) is 15.2 Å². The number of amides is 1. The van der Waals surface area contributed by atoms with E-state index < -0.39 is 0 Å². The Morgan fingerprint density at radius 1 is 1.07 bits per heavy atom. The lowest BCUT2D eigenvalue weighted by Crippen LogP contribution is -2.43. The molecule has 0 saturated carbocycles. The van der Waals surface area contributed by atoms with E-state index in [1.165, 1.54) is 18.4 Å². The predicted octanol–water partition coefficient (Wildman–Crippen LogP) is 4.59. The van der Waals surface area contributed by atoms with Crippen molar-refractivity contribution in [2.24, 2.45) is 0 Å². The third-order valence-electron chi connectivity index (χ3n) is 4.25. The van der Waals surface area contributed by atoms with E-state index in [0.717, 1.165) is 27.3 Å². The zero-order chi connectivity index (χ0) is 19.8. The van der Waals surface area contributed by atoms with Gasteiger partial charge in [-0.25, -0.2) is 4.98 Å². The number of carbonyl (C=O) groups excluding carboxylic acids is 1. The van der Waals surface area contributed by atoms with E-state index in [0.29, 0.717) is 18.0 Å². The van der Waals surface area contributed by atoms with E-state index in [1.54, 1.807) is 11.3 Å². The fourth-order valence-electron chi connectivity index (χ4n) is 2.73. The Kier molecular flexibility index (Phi) is 7.33. The molecule has 0 saturated heterocycles. The Hall–Kier alpha value is -2.51. The Bertz CT molecular complexity index is 904. The average molecular weight is 413 g/mol. The number of carbonyl (C=O) groups is 1. The van der Waals surface area contributed by atoms with Gasteiger partial charge in [0.1, 0.15) is 0 Å². The molecule has 3 rings (SSSR count). The van der Waals surface area contributed by atoms with Crippen LogP contribution in [-0.2, 0) is 17.6 Å². The standard InChI is InChI=1S/C21H24N4OS2/c1-2-3-6-15-9-11-16(12-10-15)22-21(27)25-24-19(26)13-14-20-23-17-7-4-5-8-18(17)28-20/h4-5,7-12H,2-3,6,13-14H2,1H3,(H,24,26)(H2,22,25,27). The van der Waals surface area contributed by atoms with Crippen LogP contribution in [0.1, 0.15) is 36.8 Å². The number of para-hydroxylation sites is 1. The normalized spacial score (nSPS) is 10.6. The second kappa shape index (κ2) is 10.1. The second-order valence-corrected chi connectivity index (χ2v) is 8.03. The van der Waals surface area contributed by atoms with Crippen LogP contribution in [0.15, 0.2) is 48.5 Å². The molecule has 3 aromatic rings. The second-order valence-electron chi connectivity index (χ2n) is 6.50. The molecule has 0 aliphatic heterocycles. The summed E-state index contributed by atoms with van der Waals surface area (Å²) in [6.07, 6.45) is 4.42. The number of anilines is 1. The summed E-state index contributed by atoms with van der Waals surface area (Å²) in [6, 6.07) is 16.2. The molecule has 0 aliphatic carbocycles. The number of hydrazine groups is 1. The maximum Gasteiger partial charge on any atom is 0.238 e. The van der Waals surface area contributed by atoms with Crippen LogP contribution in [0.5, 0.6) is 0 Å². The molecule has 28 heavy (non-hydrogen) atoms. The highest BCUT2D eigenvalue weighted by Crippen LogP contribution is 2.22. The van der Waals surface area contributed by atoms with Gasteiger partial charge in [0.15, 0.2) is 5.11 Å². The topological polar surface area (TPSA) is 66.0 Å². The molecule has 0 unspecified atom stereocenters. The van der Waals surface area contributed by atoms with Crippen molar-refractivity contribution in [3.05, 3.63) is 59.1 Å². The summed E-state index contributed by atoms with van der Waals surface area (Å²) in [5.41, 5.74) is 8.56. The van der Waals surface area contributed by atoms with E-state index in [1.807, 2.05) is 36.4 Å². The quantitative estimate of drug-likeness (QED) is 0.391. The number of unbranched alkanes of at least 4 members (excludes halogenated alkanes) is 1. The van der Waals surface area contributed by atoms with E-state index in [9.17, 15) is 4.79 Å². The van der Waals surface area contributed by atoms with Crippen LogP contribution in [0.3, 0.4) is 0 Å². The molecule has 0 radical (unpaired) electrons. The lowest BCUT2D eigenvalue weighted by Gasteiger charge is -2.12. The Morgan fingerprint density at radius 3 is 2.61 bits per heavy atom. The largest absolute Gasteiger partial charge is 0.331 e. The first kappa shape index (κ1) is 20.2. The van der Waals surface area contributed by atoms with E-state index >= 15 is 0 Å². The summed E-state index contributed by atoms with van der Waals surface area (Å²) in [4.78, 5) is 16.6. The Labute approximate surface area is 174 Å². The van der Waals surface area contributed by atoms with Crippen LogP contribution >= 0.6 is 23.6 Å². The predicted molar refractivity (Wildman–Crippen MR) is 120 cm³/mol. The molecule has 0 spiro atoms. The van der Waals surface area contributed by atoms with Crippen LogP contribution in [0.2, 0.25) is 0 Å². The molecule has 5 nitrogen and oxygen atoms in total. The molecule has 0 atom stereocenters. The minimum atomic E-state index is -0.127. The molecular weight excluding hydrogens is 388 g/mol. The van der Waals surface area contributed by atoms with Crippen molar-refractivity contribution < 1.29 is 4.79 Å². The third-order valence-corrected chi connectivity index (χ3v) is 5.55. The van der Waals surface area contributed by atoms with Gasteiger partial charge in [0.2, 0.25) is 5.91 Å². The number of nitrogens with zero attached hydrogens (tertiary/aromatic N) is 1. The van der Waals surface area contributed by atoms with Gasteiger partial charge >= 0.3 is 0 Å². The molecule has 146 valence electrons. The van der Waals surface area contributed by atoms with Crippen LogP contribution in [0.25, 0.3) is 10.2 Å². The van der Waals surface area contributed by atoms with Crippen molar-refractivity contribution in [3.8, 4) is 0 Å². The van der Waals surface area contributed by atoms with Crippen LogP contribution in [0.4, 0.5) is 5.69 Å². The number of thiazole rings is 1. The summed E-state index contributed by atoms with van der Waals surface area (Å²) in [7, 11) is 0. The highest BCUT2D eigenvalue weighted by molar-refractivity contribution is 7.80. The molecule has 3 N–H and O–H groups in total. The number of nitrogens with one attached hydrogen (secondary N) is 3. The van der Waals surface area contributed by atoms with Gasteiger partial charge in [-0.15, -0.1) is 11.3 Å². The Balaban J connectivity index is 1.39. The number of hydrogen-bond acceptors (Lipinski definition) is 4. The summed E-state index contributed by atoms with van der Waals surface area (Å²) < 4.78 is 1.14. The fraction of sp³-hybridized carbons (Fsp3) is 0.286. The van der Waals surface area contributed by atoms with Crippen molar-refractivity contribution >= 4 is 50.5 Å². The molecular formula is C21H24N4OS2.